The maximum absolute atomic E-state index is 13.7. The molecule has 0 aliphatic heterocycles. The summed E-state index contributed by atoms with van der Waals surface area (Å²) in [5.41, 5.74) is 2.06. The van der Waals surface area contributed by atoms with Gasteiger partial charge >= 0.3 is 5.97 Å². The average molecular weight is 320 g/mol. The number of hydrogen-bond acceptors (Lipinski definition) is 2. The zero-order valence-electron chi connectivity index (χ0n) is 13.1. The van der Waals surface area contributed by atoms with Gasteiger partial charge in [-0.1, -0.05) is 78.9 Å². The molecule has 0 heterocycles. The van der Waals surface area contributed by atoms with E-state index in [2.05, 4.69) is 0 Å². The van der Waals surface area contributed by atoms with Gasteiger partial charge in [0, 0.05) is 5.56 Å². The lowest BCUT2D eigenvalue weighted by Gasteiger charge is -2.17. The Morgan fingerprint density at radius 1 is 0.792 bits per heavy atom. The summed E-state index contributed by atoms with van der Waals surface area (Å²) in [6, 6.07) is 25.2. The van der Waals surface area contributed by atoms with Crippen molar-refractivity contribution in [3.63, 3.8) is 0 Å². The van der Waals surface area contributed by atoms with E-state index in [1.165, 1.54) is 6.07 Å². The third-order valence-corrected chi connectivity index (χ3v) is 3.83. The summed E-state index contributed by atoms with van der Waals surface area (Å²) in [7, 11) is 0. The highest BCUT2D eigenvalue weighted by atomic mass is 19.1. The van der Waals surface area contributed by atoms with E-state index in [0.717, 1.165) is 11.1 Å². The lowest BCUT2D eigenvalue weighted by atomic mass is 9.91. The van der Waals surface area contributed by atoms with E-state index in [0.29, 0.717) is 5.56 Å². The number of benzene rings is 3. The number of carbonyl (C=O) groups excluding carboxylic acids is 1. The largest absolute Gasteiger partial charge is 0.460 e. The standard InChI is InChI=1S/C21H17FO2/c22-19-14-8-7-13-18(19)15-24-21(23)20(16-9-3-1-4-10-16)17-11-5-2-6-12-17/h1-14,20H,15H2. The second-order valence-corrected chi connectivity index (χ2v) is 5.45. The minimum atomic E-state index is -0.529. The summed E-state index contributed by atoms with van der Waals surface area (Å²) in [5.74, 6) is -1.30. The Hall–Kier alpha value is -2.94. The number of halogens is 1. The first kappa shape index (κ1) is 15.9. The van der Waals surface area contributed by atoms with E-state index in [1.807, 2.05) is 60.7 Å². The molecule has 3 rings (SSSR count). The van der Waals surface area contributed by atoms with Crippen molar-refractivity contribution in [2.45, 2.75) is 12.5 Å². The predicted molar refractivity (Wildman–Crippen MR) is 90.9 cm³/mol. The molecule has 3 aromatic rings. The van der Waals surface area contributed by atoms with Crippen molar-refractivity contribution >= 4 is 5.97 Å². The first-order chi connectivity index (χ1) is 11.8. The van der Waals surface area contributed by atoms with Crippen LogP contribution in [0.15, 0.2) is 84.9 Å². The van der Waals surface area contributed by atoms with E-state index in [9.17, 15) is 9.18 Å². The van der Waals surface area contributed by atoms with Gasteiger partial charge in [-0.2, -0.15) is 0 Å². The molecule has 3 aromatic carbocycles. The minimum absolute atomic E-state index is 0.0817. The molecule has 0 aliphatic rings. The highest BCUT2D eigenvalue weighted by Crippen LogP contribution is 2.26. The molecule has 2 nitrogen and oxygen atoms in total. The number of carbonyl (C=O) groups is 1. The fourth-order valence-corrected chi connectivity index (χ4v) is 2.60. The lowest BCUT2D eigenvalue weighted by Crippen LogP contribution is -2.17. The number of hydrogen-bond donors (Lipinski definition) is 0. The molecule has 0 fully saturated rings. The molecule has 0 aromatic heterocycles. The Morgan fingerprint density at radius 2 is 1.29 bits per heavy atom. The number of rotatable bonds is 5. The van der Waals surface area contributed by atoms with Crippen molar-refractivity contribution in [3.05, 3.63) is 107 Å². The molecule has 0 aliphatic carbocycles. The maximum atomic E-state index is 13.7. The van der Waals surface area contributed by atoms with Gasteiger partial charge in [-0.05, 0) is 17.2 Å². The lowest BCUT2D eigenvalue weighted by molar-refractivity contribution is -0.145. The van der Waals surface area contributed by atoms with Crippen LogP contribution in [0.5, 0.6) is 0 Å². The molecular formula is C21H17FO2. The number of esters is 1. The molecule has 0 saturated carbocycles. The monoisotopic (exact) mass is 320 g/mol. The highest BCUT2D eigenvalue weighted by Gasteiger charge is 2.24. The summed E-state index contributed by atoms with van der Waals surface area (Å²) in [6.07, 6.45) is 0. The Balaban J connectivity index is 1.83. The van der Waals surface area contributed by atoms with Gasteiger partial charge in [-0.25, -0.2) is 4.39 Å². The third kappa shape index (κ3) is 3.69. The summed E-state index contributed by atoms with van der Waals surface area (Å²) < 4.78 is 19.1. The summed E-state index contributed by atoms with van der Waals surface area (Å²) in [4.78, 5) is 12.7. The fourth-order valence-electron chi connectivity index (χ4n) is 2.60. The Morgan fingerprint density at radius 3 is 1.83 bits per heavy atom. The Kier molecular flexibility index (Phi) is 5.02. The maximum Gasteiger partial charge on any atom is 0.318 e. The van der Waals surface area contributed by atoms with Crippen LogP contribution in [0.2, 0.25) is 0 Å². The quantitative estimate of drug-likeness (QED) is 0.637. The summed E-state index contributed by atoms with van der Waals surface area (Å²) >= 11 is 0. The molecule has 0 spiro atoms. The van der Waals surface area contributed by atoms with E-state index >= 15 is 0 Å². The van der Waals surface area contributed by atoms with Gasteiger partial charge in [0.2, 0.25) is 0 Å². The predicted octanol–water partition coefficient (Wildman–Crippen LogP) is 4.70. The number of ether oxygens (including phenoxy) is 1. The van der Waals surface area contributed by atoms with Crippen LogP contribution in [0.25, 0.3) is 0 Å². The van der Waals surface area contributed by atoms with Crippen LogP contribution in [0, 0.1) is 5.82 Å². The topological polar surface area (TPSA) is 26.3 Å². The molecule has 24 heavy (non-hydrogen) atoms. The van der Waals surface area contributed by atoms with E-state index < -0.39 is 11.9 Å². The molecule has 0 amide bonds. The minimum Gasteiger partial charge on any atom is -0.460 e. The van der Waals surface area contributed by atoms with Crippen molar-refractivity contribution in [2.24, 2.45) is 0 Å². The highest BCUT2D eigenvalue weighted by molar-refractivity contribution is 5.82. The van der Waals surface area contributed by atoms with E-state index in [4.69, 9.17) is 4.74 Å². The molecule has 0 bridgehead atoms. The fraction of sp³-hybridized carbons (Fsp3) is 0.0952. The van der Waals surface area contributed by atoms with Crippen LogP contribution in [0.3, 0.4) is 0 Å². The van der Waals surface area contributed by atoms with Gasteiger partial charge in [0.15, 0.2) is 0 Å². The van der Waals surface area contributed by atoms with Gasteiger partial charge in [0.25, 0.3) is 0 Å². The van der Waals surface area contributed by atoms with Crippen molar-refractivity contribution in [3.8, 4) is 0 Å². The molecule has 3 heteroatoms. The van der Waals surface area contributed by atoms with Gasteiger partial charge in [-0.3, -0.25) is 4.79 Å². The average Bonchev–Trinajstić information content (AvgIpc) is 2.63. The Labute approximate surface area is 140 Å². The van der Waals surface area contributed by atoms with Crippen LogP contribution < -0.4 is 0 Å². The molecule has 0 atom stereocenters. The second-order valence-electron chi connectivity index (χ2n) is 5.45. The van der Waals surface area contributed by atoms with Gasteiger partial charge in [-0.15, -0.1) is 0 Å². The van der Waals surface area contributed by atoms with Crippen LogP contribution in [0.1, 0.15) is 22.6 Å². The molecular weight excluding hydrogens is 303 g/mol. The van der Waals surface area contributed by atoms with Crippen LogP contribution in [-0.4, -0.2) is 5.97 Å². The summed E-state index contributed by atoms with van der Waals surface area (Å²) in [5, 5.41) is 0. The van der Waals surface area contributed by atoms with Crippen molar-refractivity contribution in [2.75, 3.05) is 0 Å². The van der Waals surface area contributed by atoms with Crippen molar-refractivity contribution < 1.29 is 13.9 Å². The second kappa shape index (κ2) is 7.55. The van der Waals surface area contributed by atoms with Gasteiger partial charge in [0.1, 0.15) is 18.3 Å². The molecule has 0 radical (unpaired) electrons. The first-order valence-electron chi connectivity index (χ1n) is 7.75. The van der Waals surface area contributed by atoms with Crippen LogP contribution in [-0.2, 0) is 16.1 Å². The molecule has 0 saturated heterocycles. The Bertz CT molecular complexity index is 761. The summed E-state index contributed by atoms with van der Waals surface area (Å²) in [6.45, 7) is -0.0817. The molecule has 120 valence electrons. The third-order valence-electron chi connectivity index (χ3n) is 3.83. The van der Waals surface area contributed by atoms with Crippen molar-refractivity contribution in [1.29, 1.82) is 0 Å². The molecule has 0 unspecified atom stereocenters. The van der Waals surface area contributed by atoms with Gasteiger partial charge in [0.05, 0.1) is 0 Å². The normalized spacial score (nSPS) is 10.6. The van der Waals surface area contributed by atoms with Crippen LogP contribution in [0.4, 0.5) is 4.39 Å². The zero-order chi connectivity index (χ0) is 16.8. The van der Waals surface area contributed by atoms with Crippen LogP contribution >= 0.6 is 0 Å². The molecule has 0 N–H and O–H groups in total. The van der Waals surface area contributed by atoms with Gasteiger partial charge < -0.3 is 4.74 Å². The smallest absolute Gasteiger partial charge is 0.318 e. The van der Waals surface area contributed by atoms with E-state index in [-0.39, 0.29) is 12.4 Å². The van der Waals surface area contributed by atoms with Crippen molar-refractivity contribution in [1.82, 2.24) is 0 Å². The first-order valence-corrected chi connectivity index (χ1v) is 7.75. The SMILES string of the molecule is O=C(OCc1ccccc1F)C(c1ccccc1)c1ccccc1. The van der Waals surface area contributed by atoms with E-state index in [1.54, 1.807) is 18.2 Å². The zero-order valence-corrected chi connectivity index (χ0v) is 13.1.